The van der Waals surface area contributed by atoms with Gasteiger partial charge in [-0.1, -0.05) is 42.5 Å². The first-order valence-corrected chi connectivity index (χ1v) is 10.9. The summed E-state index contributed by atoms with van der Waals surface area (Å²) in [5.74, 6) is 0. The number of carbonyl (C=O) groups excluding carboxylic acids is 1. The van der Waals surface area contributed by atoms with Crippen molar-refractivity contribution in [1.82, 2.24) is 10.2 Å². The average Bonchev–Trinajstić information content (AvgIpc) is 2.65. The third-order valence-electron chi connectivity index (χ3n) is 4.77. The normalized spacial score (nSPS) is 13.6. The summed E-state index contributed by atoms with van der Waals surface area (Å²) in [6.45, 7) is 3.92. The van der Waals surface area contributed by atoms with Crippen LogP contribution in [0.1, 0.15) is 37.4 Å². The van der Waals surface area contributed by atoms with Crippen LogP contribution in [-0.4, -0.2) is 38.7 Å². The standard InChI is InChI=1S/C21H28N2O3S/c1-16(10-11-18-8-6-5-7-9-18)22-21(24)23(3)17(2)19-12-14-20(15-13-19)27(4,25)26/h5-9,12-17H,10-11H2,1-4H3,(H,22,24)/t16-,17-/m0/s1. The second-order valence-electron chi connectivity index (χ2n) is 7.00. The number of rotatable bonds is 7. The van der Waals surface area contributed by atoms with Gasteiger partial charge in [0.25, 0.3) is 0 Å². The molecule has 2 rings (SSSR count). The van der Waals surface area contributed by atoms with Gasteiger partial charge in [-0.15, -0.1) is 0 Å². The lowest BCUT2D eigenvalue weighted by atomic mass is 10.1. The highest BCUT2D eigenvalue weighted by molar-refractivity contribution is 7.90. The first-order valence-electron chi connectivity index (χ1n) is 9.05. The molecular weight excluding hydrogens is 360 g/mol. The zero-order valence-corrected chi connectivity index (χ0v) is 17.2. The molecule has 27 heavy (non-hydrogen) atoms. The van der Waals surface area contributed by atoms with Gasteiger partial charge in [0.1, 0.15) is 0 Å². The lowest BCUT2D eigenvalue weighted by molar-refractivity contribution is 0.190. The van der Waals surface area contributed by atoms with Crippen molar-refractivity contribution < 1.29 is 13.2 Å². The van der Waals surface area contributed by atoms with Crippen LogP contribution in [0.3, 0.4) is 0 Å². The molecule has 146 valence electrons. The van der Waals surface area contributed by atoms with E-state index in [1.165, 1.54) is 11.8 Å². The Balaban J connectivity index is 1.91. The topological polar surface area (TPSA) is 66.5 Å². The Bertz CT molecular complexity index is 849. The highest BCUT2D eigenvalue weighted by atomic mass is 32.2. The summed E-state index contributed by atoms with van der Waals surface area (Å²) in [7, 11) is -1.48. The molecule has 1 N–H and O–H groups in total. The van der Waals surface area contributed by atoms with Crippen LogP contribution in [0.25, 0.3) is 0 Å². The van der Waals surface area contributed by atoms with Crippen molar-refractivity contribution in [3.63, 3.8) is 0 Å². The monoisotopic (exact) mass is 388 g/mol. The van der Waals surface area contributed by atoms with Crippen molar-refractivity contribution in [2.75, 3.05) is 13.3 Å². The maximum Gasteiger partial charge on any atom is 0.317 e. The van der Waals surface area contributed by atoms with E-state index in [1.807, 2.05) is 32.0 Å². The molecule has 2 atom stereocenters. The SMILES string of the molecule is C[C@@H](CCc1ccccc1)NC(=O)N(C)[C@@H](C)c1ccc(S(C)(=O)=O)cc1. The maximum absolute atomic E-state index is 12.5. The van der Waals surface area contributed by atoms with Crippen LogP contribution in [0.4, 0.5) is 4.79 Å². The fourth-order valence-electron chi connectivity index (χ4n) is 2.81. The summed E-state index contributed by atoms with van der Waals surface area (Å²) >= 11 is 0. The number of hydrogen-bond acceptors (Lipinski definition) is 3. The molecule has 0 saturated heterocycles. The third kappa shape index (κ3) is 6.10. The number of amides is 2. The molecule has 0 aromatic heterocycles. The number of sulfone groups is 1. The van der Waals surface area contributed by atoms with Crippen LogP contribution in [-0.2, 0) is 16.3 Å². The quantitative estimate of drug-likeness (QED) is 0.784. The van der Waals surface area contributed by atoms with E-state index in [9.17, 15) is 13.2 Å². The van der Waals surface area contributed by atoms with E-state index in [2.05, 4.69) is 17.4 Å². The molecule has 6 heteroatoms. The Hall–Kier alpha value is -2.34. The van der Waals surface area contributed by atoms with E-state index in [0.717, 1.165) is 18.4 Å². The van der Waals surface area contributed by atoms with E-state index in [1.54, 1.807) is 36.2 Å². The molecule has 2 amide bonds. The van der Waals surface area contributed by atoms with Crippen LogP contribution in [0, 0.1) is 0 Å². The highest BCUT2D eigenvalue weighted by Crippen LogP contribution is 2.21. The van der Waals surface area contributed by atoms with Gasteiger partial charge < -0.3 is 10.2 Å². The van der Waals surface area contributed by atoms with Crippen LogP contribution in [0.5, 0.6) is 0 Å². The minimum atomic E-state index is -3.22. The Kier molecular flexibility index (Phi) is 7.02. The van der Waals surface area contributed by atoms with Gasteiger partial charge in [0, 0.05) is 19.3 Å². The average molecular weight is 389 g/mol. The predicted octanol–water partition coefficient (Wildman–Crippen LogP) is 3.81. The van der Waals surface area contributed by atoms with Gasteiger partial charge in [-0.25, -0.2) is 13.2 Å². The maximum atomic E-state index is 12.5. The number of nitrogens with zero attached hydrogens (tertiary/aromatic N) is 1. The van der Waals surface area contributed by atoms with E-state index >= 15 is 0 Å². The number of urea groups is 1. The molecule has 0 aliphatic heterocycles. The first-order chi connectivity index (χ1) is 12.7. The van der Waals surface area contributed by atoms with Crippen LogP contribution >= 0.6 is 0 Å². The molecule has 0 aliphatic rings. The Morgan fingerprint density at radius 3 is 2.19 bits per heavy atom. The molecule has 0 spiro atoms. The van der Waals surface area contributed by atoms with Crippen LogP contribution < -0.4 is 5.32 Å². The summed E-state index contributed by atoms with van der Waals surface area (Å²) < 4.78 is 23.1. The second-order valence-corrected chi connectivity index (χ2v) is 9.02. The third-order valence-corrected chi connectivity index (χ3v) is 5.90. The number of benzene rings is 2. The van der Waals surface area contributed by atoms with E-state index in [0.29, 0.717) is 0 Å². The zero-order valence-electron chi connectivity index (χ0n) is 16.3. The molecule has 0 fully saturated rings. The van der Waals surface area contributed by atoms with Gasteiger partial charge in [0.2, 0.25) is 0 Å². The molecule has 2 aromatic carbocycles. The largest absolute Gasteiger partial charge is 0.336 e. The molecule has 0 saturated carbocycles. The lowest BCUT2D eigenvalue weighted by Gasteiger charge is -2.27. The summed E-state index contributed by atoms with van der Waals surface area (Å²) in [5.41, 5.74) is 2.14. The zero-order chi connectivity index (χ0) is 20.0. The van der Waals surface area contributed by atoms with Crippen molar-refractivity contribution in [3.05, 3.63) is 65.7 Å². The number of hydrogen-bond donors (Lipinski definition) is 1. The van der Waals surface area contributed by atoms with Crippen molar-refractivity contribution >= 4 is 15.9 Å². The molecule has 0 bridgehead atoms. The predicted molar refractivity (Wildman–Crippen MR) is 108 cm³/mol. The summed E-state index contributed by atoms with van der Waals surface area (Å²) in [6.07, 6.45) is 2.96. The van der Waals surface area contributed by atoms with E-state index < -0.39 is 9.84 Å². The number of aryl methyl sites for hydroxylation is 1. The number of carbonyl (C=O) groups is 1. The minimum Gasteiger partial charge on any atom is -0.336 e. The highest BCUT2D eigenvalue weighted by Gasteiger charge is 2.19. The molecule has 0 aliphatic carbocycles. The van der Waals surface area contributed by atoms with Gasteiger partial charge in [0.15, 0.2) is 9.84 Å². The summed E-state index contributed by atoms with van der Waals surface area (Å²) in [4.78, 5) is 14.4. The molecule has 5 nitrogen and oxygen atoms in total. The lowest BCUT2D eigenvalue weighted by Crippen LogP contribution is -2.43. The fourth-order valence-corrected chi connectivity index (χ4v) is 3.44. The van der Waals surface area contributed by atoms with Crippen LogP contribution in [0.2, 0.25) is 0 Å². The van der Waals surface area contributed by atoms with Gasteiger partial charge in [-0.2, -0.15) is 0 Å². The van der Waals surface area contributed by atoms with Crippen molar-refractivity contribution in [2.24, 2.45) is 0 Å². The Morgan fingerprint density at radius 2 is 1.63 bits per heavy atom. The molecule has 2 aromatic rings. The van der Waals surface area contributed by atoms with Crippen molar-refractivity contribution in [1.29, 1.82) is 0 Å². The fraction of sp³-hybridized carbons (Fsp3) is 0.381. The molecule has 0 unspecified atom stereocenters. The Labute approximate surface area is 162 Å². The van der Waals surface area contributed by atoms with Crippen LogP contribution in [0.15, 0.2) is 59.5 Å². The van der Waals surface area contributed by atoms with E-state index in [4.69, 9.17) is 0 Å². The summed E-state index contributed by atoms with van der Waals surface area (Å²) in [5, 5.41) is 3.03. The summed E-state index contributed by atoms with van der Waals surface area (Å²) in [6, 6.07) is 16.6. The van der Waals surface area contributed by atoms with Gasteiger partial charge >= 0.3 is 6.03 Å². The van der Waals surface area contributed by atoms with Gasteiger partial charge in [-0.05, 0) is 49.9 Å². The molecule has 0 heterocycles. The van der Waals surface area contributed by atoms with Crippen molar-refractivity contribution in [3.8, 4) is 0 Å². The second kappa shape index (κ2) is 9.04. The molecule has 0 radical (unpaired) electrons. The first kappa shape index (κ1) is 21.0. The Morgan fingerprint density at radius 1 is 1.04 bits per heavy atom. The molecular formula is C21H28N2O3S. The minimum absolute atomic E-state index is 0.0555. The van der Waals surface area contributed by atoms with Crippen molar-refractivity contribution in [2.45, 2.75) is 43.7 Å². The van der Waals surface area contributed by atoms with Gasteiger partial charge in [-0.3, -0.25) is 0 Å². The number of nitrogens with one attached hydrogen (secondary N) is 1. The smallest absolute Gasteiger partial charge is 0.317 e. The van der Waals surface area contributed by atoms with Gasteiger partial charge in [0.05, 0.1) is 10.9 Å². The van der Waals surface area contributed by atoms with E-state index in [-0.39, 0.29) is 23.0 Å².